The monoisotopic (exact) mass is 426 g/mol. The lowest BCUT2D eigenvalue weighted by atomic mass is 10.1. The molecule has 2 aromatic carbocycles. The normalized spacial score (nSPS) is 15.7. The van der Waals surface area contributed by atoms with Gasteiger partial charge in [0.15, 0.2) is 0 Å². The summed E-state index contributed by atoms with van der Waals surface area (Å²) in [6.45, 7) is 3.23. The van der Waals surface area contributed by atoms with E-state index in [1.807, 2.05) is 55.5 Å². The van der Waals surface area contributed by atoms with Crippen molar-refractivity contribution in [3.05, 3.63) is 76.7 Å². The zero-order chi connectivity index (χ0) is 21.6. The van der Waals surface area contributed by atoms with E-state index in [0.29, 0.717) is 18.8 Å². The molecule has 0 unspecified atom stereocenters. The predicted molar refractivity (Wildman–Crippen MR) is 119 cm³/mol. The summed E-state index contributed by atoms with van der Waals surface area (Å²) in [5.74, 6) is 0.557. The van der Waals surface area contributed by atoms with Crippen LogP contribution in [0.15, 0.2) is 60.0 Å². The summed E-state index contributed by atoms with van der Waals surface area (Å²) in [6.07, 6.45) is 4.83. The maximum absolute atomic E-state index is 12.6. The molecule has 2 aromatic rings. The zero-order valence-corrected chi connectivity index (χ0v) is 18.0. The number of sulfonamides is 1. The molecule has 0 aromatic heterocycles. The first-order valence-corrected chi connectivity index (χ1v) is 11.2. The summed E-state index contributed by atoms with van der Waals surface area (Å²) < 4.78 is 31.8. The third-order valence-electron chi connectivity index (χ3n) is 4.93. The van der Waals surface area contributed by atoms with Crippen LogP contribution in [0, 0.1) is 6.92 Å². The molecule has 7 heteroatoms. The van der Waals surface area contributed by atoms with E-state index in [4.69, 9.17) is 4.74 Å². The van der Waals surface area contributed by atoms with Crippen LogP contribution < -0.4 is 4.74 Å². The lowest BCUT2D eigenvalue weighted by Gasteiger charge is -2.32. The van der Waals surface area contributed by atoms with Gasteiger partial charge >= 0.3 is 0 Å². The number of methoxy groups -OCH3 is 1. The van der Waals surface area contributed by atoms with Gasteiger partial charge in [0.05, 0.1) is 7.11 Å². The van der Waals surface area contributed by atoms with Crippen LogP contribution in [0.25, 0.3) is 12.2 Å². The Kier molecular flexibility index (Phi) is 7.07. The van der Waals surface area contributed by atoms with Gasteiger partial charge in [0, 0.05) is 43.2 Å². The van der Waals surface area contributed by atoms with Gasteiger partial charge in [-0.25, -0.2) is 8.42 Å². The molecule has 1 heterocycles. The topological polar surface area (TPSA) is 66.9 Å². The van der Waals surface area contributed by atoms with Crippen molar-refractivity contribution >= 4 is 28.1 Å². The van der Waals surface area contributed by atoms with Gasteiger partial charge in [0.2, 0.25) is 15.9 Å². The number of piperazine rings is 1. The minimum atomic E-state index is -3.52. The summed E-state index contributed by atoms with van der Waals surface area (Å²) in [7, 11) is -1.93. The molecule has 1 fully saturated rings. The smallest absolute Gasteiger partial charge is 0.246 e. The van der Waals surface area contributed by atoms with E-state index in [2.05, 4.69) is 0 Å². The summed E-state index contributed by atoms with van der Waals surface area (Å²) in [5, 5.41) is 1.23. The van der Waals surface area contributed by atoms with E-state index < -0.39 is 10.0 Å². The van der Waals surface area contributed by atoms with Crippen molar-refractivity contribution in [3.63, 3.8) is 0 Å². The Balaban J connectivity index is 1.59. The van der Waals surface area contributed by atoms with Gasteiger partial charge in [0.1, 0.15) is 5.75 Å². The Morgan fingerprint density at radius 3 is 2.37 bits per heavy atom. The number of nitrogens with zero attached hydrogens (tertiary/aromatic N) is 2. The number of carbonyl (C=O) groups excluding carboxylic acids is 1. The van der Waals surface area contributed by atoms with E-state index in [9.17, 15) is 13.2 Å². The molecule has 1 amide bonds. The third kappa shape index (κ3) is 5.58. The number of aryl methyl sites for hydroxylation is 1. The molecule has 1 aliphatic rings. The van der Waals surface area contributed by atoms with Crippen molar-refractivity contribution in [2.75, 3.05) is 33.3 Å². The van der Waals surface area contributed by atoms with Crippen molar-refractivity contribution in [1.82, 2.24) is 9.21 Å². The largest absolute Gasteiger partial charge is 0.496 e. The molecule has 1 aliphatic heterocycles. The molecule has 0 saturated carbocycles. The van der Waals surface area contributed by atoms with Crippen molar-refractivity contribution < 1.29 is 17.9 Å². The maximum Gasteiger partial charge on any atom is 0.246 e. The van der Waals surface area contributed by atoms with E-state index >= 15 is 0 Å². The fourth-order valence-corrected chi connectivity index (χ4v) is 4.40. The second-order valence-electron chi connectivity index (χ2n) is 7.06. The first-order chi connectivity index (χ1) is 14.4. The standard InChI is InChI=1S/C23H26N2O4S/c1-19-8-10-22(29-2)21(18-19)9-11-23(26)24-13-15-25(16-14-24)30(27,28)17-12-20-6-4-3-5-7-20/h3-12,17-18H,13-16H2,1-2H3. The average Bonchev–Trinajstić information content (AvgIpc) is 2.77. The Hall–Kier alpha value is -2.90. The van der Waals surface area contributed by atoms with Crippen LogP contribution in [0.5, 0.6) is 5.75 Å². The van der Waals surface area contributed by atoms with Gasteiger partial charge in [-0.3, -0.25) is 4.79 Å². The zero-order valence-electron chi connectivity index (χ0n) is 17.2. The number of hydrogen-bond donors (Lipinski definition) is 0. The molecule has 0 aliphatic carbocycles. The lowest BCUT2D eigenvalue weighted by molar-refractivity contribution is -0.127. The molecule has 6 nitrogen and oxygen atoms in total. The van der Waals surface area contributed by atoms with Crippen molar-refractivity contribution in [2.24, 2.45) is 0 Å². The van der Waals surface area contributed by atoms with Gasteiger partial charge < -0.3 is 9.64 Å². The highest BCUT2D eigenvalue weighted by molar-refractivity contribution is 7.92. The molecule has 0 spiro atoms. The molecular weight excluding hydrogens is 400 g/mol. The predicted octanol–water partition coefficient (Wildman–Crippen LogP) is 3.16. The average molecular weight is 427 g/mol. The fraction of sp³-hybridized carbons (Fsp3) is 0.261. The van der Waals surface area contributed by atoms with Crippen molar-refractivity contribution in [3.8, 4) is 5.75 Å². The van der Waals surface area contributed by atoms with Gasteiger partial charge in [-0.05, 0) is 36.8 Å². The molecule has 0 atom stereocenters. The number of amides is 1. The molecule has 158 valence electrons. The summed E-state index contributed by atoms with van der Waals surface area (Å²) in [4.78, 5) is 14.2. The summed E-state index contributed by atoms with van der Waals surface area (Å²) in [5.41, 5.74) is 2.73. The van der Waals surface area contributed by atoms with E-state index in [1.54, 1.807) is 24.2 Å². The van der Waals surface area contributed by atoms with Crippen molar-refractivity contribution in [2.45, 2.75) is 6.92 Å². The number of carbonyl (C=O) groups is 1. The summed E-state index contributed by atoms with van der Waals surface area (Å²) >= 11 is 0. The summed E-state index contributed by atoms with van der Waals surface area (Å²) in [6, 6.07) is 15.1. The second-order valence-corrected chi connectivity index (χ2v) is 8.88. The Bertz CT molecular complexity index is 1040. The Morgan fingerprint density at radius 2 is 1.70 bits per heavy atom. The molecule has 0 bridgehead atoms. The number of ether oxygens (including phenoxy) is 1. The van der Waals surface area contributed by atoms with Gasteiger partial charge in [-0.1, -0.05) is 42.0 Å². The highest BCUT2D eigenvalue weighted by Gasteiger charge is 2.26. The fourth-order valence-electron chi connectivity index (χ4n) is 3.23. The highest BCUT2D eigenvalue weighted by Crippen LogP contribution is 2.21. The molecular formula is C23H26N2O4S. The quantitative estimate of drug-likeness (QED) is 0.666. The van der Waals surface area contributed by atoms with E-state index in [-0.39, 0.29) is 19.0 Å². The van der Waals surface area contributed by atoms with Crippen LogP contribution in [0.1, 0.15) is 16.7 Å². The van der Waals surface area contributed by atoms with Crippen LogP contribution in [-0.2, 0) is 14.8 Å². The van der Waals surface area contributed by atoms with Crippen LogP contribution in [-0.4, -0.2) is 56.8 Å². The Morgan fingerprint density at radius 1 is 1.00 bits per heavy atom. The second kappa shape index (κ2) is 9.73. The first-order valence-electron chi connectivity index (χ1n) is 9.74. The Labute approximate surface area is 178 Å². The SMILES string of the molecule is COc1ccc(C)cc1C=CC(=O)N1CCN(S(=O)(=O)C=Cc2ccccc2)CC1. The maximum atomic E-state index is 12.6. The molecule has 3 rings (SSSR count). The van der Waals surface area contributed by atoms with E-state index in [0.717, 1.165) is 16.7 Å². The van der Waals surface area contributed by atoms with Gasteiger partial charge in [-0.15, -0.1) is 0 Å². The number of hydrogen-bond acceptors (Lipinski definition) is 4. The molecule has 0 radical (unpaired) electrons. The van der Waals surface area contributed by atoms with Crippen molar-refractivity contribution in [1.29, 1.82) is 0 Å². The minimum Gasteiger partial charge on any atom is -0.496 e. The van der Waals surface area contributed by atoms with Gasteiger partial charge in [0.25, 0.3) is 0 Å². The minimum absolute atomic E-state index is 0.143. The van der Waals surface area contributed by atoms with Crippen LogP contribution >= 0.6 is 0 Å². The van der Waals surface area contributed by atoms with Crippen LogP contribution in [0.4, 0.5) is 0 Å². The van der Waals surface area contributed by atoms with Crippen LogP contribution in [0.3, 0.4) is 0 Å². The van der Waals surface area contributed by atoms with Crippen LogP contribution in [0.2, 0.25) is 0 Å². The number of rotatable bonds is 6. The first kappa shape index (κ1) is 21.8. The van der Waals surface area contributed by atoms with Gasteiger partial charge in [-0.2, -0.15) is 4.31 Å². The molecule has 30 heavy (non-hydrogen) atoms. The highest BCUT2D eigenvalue weighted by atomic mass is 32.2. The third-order valence-corrected chi connectivity index (χ3v) is 6.50. The molecule has 1 saturated heterocycles. The van der Waals surface area contributed by atoms with E-state index in [1.165, 1.54) is 15.8 Å². The lowest BCUT2D eigenvalue weighted by Crippen LogP contribution is -2.49. The molecule has 0 N–H and O–H groups in total. The number of benzene rings is 2.